The van der Waals surface area contributed by atoms with Crippen molar-refractivity contribution < 1.29 is 9.32 Å². The predicted molar refractivity (Wildman–Crippen MR) is 76.8 cm³/mol. The molecule has 0 bridgehead atoms. The van der Waals surface area contributed by atoms with E-state index in [0.717, 1.165) is 0 Å². The number of hydrogen-bond acceptors (Lipinski definition) is 6. The molecule has 22 heavy (non-hydrogen) atoms. The van der Waals surface area contributed by atoms with Crippen LogP contribution < -0.4 is 5.32 Å². The highest BCUT2D eigenvalue weighted by atomic mass is 16.5. The van der Waals surface area contributed by atoms with Crippen LogP contribution in [0, 0.1) is 18.3 Å². The molecule has 9 heteroatoms. The van der Waals surface area contributed by atoms with Gasteiger partial charge in [0.1, 0.15) is 11.6 Å². The van der Waals surface area contributed by atoms with Crippen molar-refractivity contribution in [3.63, 3.8) is 0 Å². The van der Waals surface area contributed by atoms with Crippen molar-refractivity contribution in [1.82, 2.24) is 24.8 Å². The smallest absolute Gasteiger partial charge is 0.323 e. The number of nitriles is 1. The second-order valence-corrected chi connectivity index (χ2v) is 5.09. The van der Waals surface area contributed by atoms with E-state index < -0.39 is 6.03 Å². The van der Waals surface area contributed by atoms with Gasteiger partial charge in [0.15, 0.2) is 11.6 Å². The Balaban J connectivity index is 2.06. The summed E-state index contributed by atoms with van der Waals surface area (Å²) in [5, 5.41) is 19.6. The van der Waals surface area contributed by atoms with Crippen LogP contribution in [0.3, 0.4) is 0 Å². The molecule has 0 radical (unpaired) electrons. The number of anilines is 1. The zero-order chi connectivity index (χ0) is 16.3. The first-order chi connectivity index (χ1) is 10.4. The average molecular weight is 303 g/mol. The molecule has 0 aliphatic rings. The van der Waals surface area contributed by atoms with E-state index in [0.29, 0.717) is 17.3 Å². The van der Waals surface area contributed by atoms with E-state index in [-0.39, 0.29) is 18.4 Å². The lowest BCUT2D eigenvalue weighted by Gasteiger charge is -2.15. The summed E-state index contributed by atoms with van der Waals surface area (Å²) in [6, 6.07) is 1.70. The molecule has 2 rings (SSSR count). The van der Waals surface area contributed by atoms with Crippen molar-refractivity contribution in [3.05, 3.63) is 23.5 Å². The lowest BCUT2D eigenvalue weighted by atomic mass is 10.3. The van der Waals surface area contributed by atoms with Gasteiger partial charge in [0, 0.05) is 26.2 Å². The molecule has 0 aliphatic heterocycles. The maximum absolute atomic E-state index is 12.1. The van der Waals surface area contributed by atoms with Gasteiger partial charge in [0.25, 0.3) is 0 Å². The number of carbonyl (C=O) groups excluding carboxylic acids is 1. The number of aromatic nitrogens is 4. The maximum Gasteiger partial charge on any atom is 0.323 e. The van der Waals surface area contributed by atoms with Crippen LogP contribution in [0.2, 0.25) is 0 Å². The fraction of sp³-hybridized carbons (Fsp3) is 0.462. The van der Waals surface area contributed by atoms with Gasteiger partial charge in [-0.3, -0.25) is 10.00 Å². The third kappa shape index (κ3) is 3.41. The quantitative estimate of drug-likeness (QED) is 0.919. The van der Waals surface area contributed by atoms with Crippen LogP contribution in [0.4, 0.5) is 10.6 Å². The lowest BCUT2D eigenvalue weighted by molar-refractivity contribution is 0.219. The van der Waals surface area contributed by atoms with Crippen molar-refractivity contribution >= 4 is 11.8 Å². The van der Waals surface area contributed by atoms with E-state index in [2.05, 4.69) is 20.6 Å². The van der Waals surface area contributed by atoms with E-state index in [1.165, 1.54) is 4.90 Å². The normalized spacial score (nSPS) is 10.5. The minimum atomic E-state index is -0.409. The van der Waals surface area contributed by atoms with Crippen LogP contribution in [0.1, 0.15) is 37.2 Å². The van der Waals surface area contributed by atoms with Crippen molar-refractivity contribution in [2.24, 2.45) is 0 Å². The number of amides is 2. The van der Waals surface area contributed by atoms with E-state index in [4.69, 9.17) is 9.78 Å². The summed E-state index contributed by atoms with van der Waals surface area (Å²) in [7, 11) is 1.59. The molecule has 0 atom stereocenters. The van der Waals surface area contributed by atoms with Crippen molar-refractivity contribution in [2.75, 3.05) is 12.4 Å². The molecule has 9 nitrogen and oxygen atoms in total. The zero-order valence-electron chi connectivity index (χ0n) is 12.9. The topological polar surface area (TPSA) is 113 Å². The third-order valence-electron chi connectivity index (χ3n) is 2.90. The summed E-state index contributed by atoms with van der Waals surface area (Å²) < 4.78 is 6.47. The summed E-state index contributed by atoms with van der Waals surface area (Å²) in [6.07, 6.45) is 1.60. The molecule has 2 heterocycles. The molecule has 2 amide bonds. The highest BCUT2D eigenvalue weighted by molar-refractivity contribution is 5.89. The van der Waals surface area contributed by atoms with Gasteiger partial charge in [-0.1, -0.05) is 5.16 Å². The van der Waals surface area contributed by atoms with Crippen LogP contribution in [-0.4, -0.2) is 37.9 Å². The minimum Gasteiger partial charge on any atom is -0.340 e. The fourth-order valence-electron chi connectivity index (χ4n) is 1.72. The molecular weight excluding hydrogens is 286 g/mol. The number of rotatable bonds is 4. The standard InChI is InChI=1S/C13H17N7O2/c1-8(2)20-6-10(5-14)12(17-20)16-13(21)19(4)7-11-15-9(3)22-18-11/h6,8H,7H2,1-4H3,(H,16,17,21). The van der Waals surface area contributed by atoms with Crippen LogP contribution in [0.25, 0.3) is 0 Å². The highest BCUT2D eigenvalue weighted by Crippen LogP contribution is 2.15. The lowest BCUT2D eigenvalue weighted by Crippen LogP contribution is -2.31. The molecule has 0 aromatic carbocycles. The Bertz CT molecular complexity index is 710. The van der Waals surface area contributed by atoms with Crippen LogP contribution in [0.15, 0.2) is 10.7 Å². The summed E-state index contributed by atoms with van der Waals surface area (Å²) in [5.41, 5.74) is 0.311. The van der Waals surface area contributed by atoms with Crippen molar-refractivity contribution in [1.29, 1.82) is 5.26 Å². The zero-order valence-corrected chi connectivity index (χ0v) is 12.9. The molecule has 0 spiro atoms. The molecule has 0 saturated carbocycles. The molecule has 0 saturated heterocycles. The van der Waals surface area contributed by atoms with Crippen molar-refractivity contribution in [3.8, 4) is 6.07 Å². The van der Waals surface area contributed by atoms with Gasteiger partial charge in [-0.2, -0.15) is 15.3 Å². The Morgan fingerprint density at radius 3 is 2.86 bits per heavy atom. The number of carbonyl (C=O) groups is 1. The van der Waals surface area contributed by atoms with E-state index in [9.17, 15) is 4.79 Å². The molecular formula is C13H17N7O2. The first-order valence-electron chi connectivity index (χ1n) is 6.71. The molecule has 1 N–H and O–H groups in total. The van der Waals surface area contributed by atoms with Gasteiger partial charge in [-0.15, -0.1) is 0 Å². The SMILES string of the molecule is Cc1nc(CN(C)C(=O)Nc2nn(C(C)C)cc2C#N)no1. The summed E-state index contributed by atoms with van der Waals surface area (Å²) in [4.78, 5) is 17.5. The molecule has 0 unspecified atom stereocenters. The number of nitrogens with one attached hydrogen (secondary N) is 1. The molecule has 2 aromatic heterocycles. The fourth-order valence-corrected chi connectivity index (χ4v) is 1.72. The second kappa shape index (κ2) is 6.26. The number of urea groups is 1. The van der Waals surface area contributed by atoms with E-state index in [1.807, 2.05) is 19.9 Å². The summed E-state index contributed by atoms with van der Waals surface area (Å²) in [6.45, 7) is 5.74. The first kappa shape index (κ1) is 15.5. The van der Waals surface area contributed by atoms with Crippen molar-refractivity contribution in [2.45, 2.75) is 33.4 Å². The number of hydrogen-bond donors (Lipinski definition) is 1. The van der Waals surface area contributed by atoms with Gasteiger partial charge < -0.3 is 9.42 Å². The highest BCUT2D eigenvalue weighted by Gasteiger charge is 2.17. The number of nitrogens with zero attached hydrogens (tertiary/aromatic N) is 6. The molecule has 2 aromatic rings. The van der Waals surface area contributed by atoms with Gasteiger partial charge in [0.05, 0.1) is 6.54 Å². The third-order valence-corrected chi connectivity index (χ3v) is 2.90. The number of aryl methyl sites for hydroxylation is 1. The molecule has 0 aliphatic carbocycles. The second-order valence-electron chi connectivity index (χ2n) is 5.09. The Labute approximate surface area is 127 Å². The van der Waals surface area contributed by atoms with Crippen LogP contribution >= 0.6 is 0 Å². The average Bonchev–Trinajstić information content (AvgIpc) is 3.05. The molecule has 0 fully saturated rings. The van der Waals surface area contributed by atoms with Gasteiger partial charge in [0.2, 0.25) is 5.89 Å². The Morgan fingerprint density at radius 1 is 1.59 bits per heavy atom. The Kier molecular flexibility index (Phi) is 4.41. The monoisotopic (exact) mass is 303 g/mol. The van der Waals surface area contributed by atoms with Gasteiger partial charge in [-0.25, -0.2) is 4.79 Å². The van der Waals surface area contributed by atoms with Gasteiger partial charge >= 0.3 is 6.03 Å². The first-order valence-corrected chi connectivity index (χ1v) is 6.71. The largest absolute Gasteiger partial charge is 0.340 e. The summed E-state index contributed by atoms with van der Waals surface area (Å²) in [5.74, 6) is 1.08. The Morgan fingerprint density at radius 2 is 2.32 bits per heavy atom. The minimum absolute atomic E-state index is 0.0952. The summed E-state index contributed by atoms with van der Waals surface area (Å²) >= 11 is 0. The molecule has 116 valence electrons. The maximum atomic E-state index is 12.1. The van der Waals surface area contributed by atoms with Crippen LogP contribution in [0.5, 0.6) is 0 Å². The van der Waals surface area contributed by atoms with Crippen LogP contribution in [-0.2, 0) is 6.54 Å². The Hall–Kier alpha value is -2.89. The predicted octanol–water partition coefficient (Wildman–Crippen LogP) is 1.69. The van der Waals surface area contributed by atoms with Gasteiger partial charge in [-0.05, 0) is 13.8 Å². The van der Waals surface area contributed by atoms with E-state index >= 15 is 0 Å². The van der Waals surface area contributed by atoms with E-state index in [1.54, 1.807) is 24.9 Å².